The largest absolute Gasteiger partial charge is 0.396 e. The minimum atomic E-state index is -0.189. The van der Waals surface area contributed by atoms with E-state index in [0.29, 0.717) is 30.1 Å². The number of anilines is 2. The van der Waals surface area contributed by atoms with E-state index in [1.165, 1.54) is 0 Å². The predicted molar refractivity (Wildman–Crippen MR) is 139 cm³/mol. The third-order valence-corrected chi connectivity index (χ3v) is 6.69. The zero-order valence-electron chi connectivity index (χ0n) is 17.7. The van der Waals surface area contributed by atoms with Crippen LogP contribution in [0.25, 0.3) is 33.1 Å². The summed E-state index contributed by atoms with van der Waals surface area (Å²) < 4.78 is 12.6. The Labute approximate surface area is 208 Å². The maximum atomic E-state index is 12.2. The maximum Gasteiger partial charge on any atom is 0.252 e. The van der Waals surface area contributed by atoms with Gasteiger partial charge in [0.25, 0.3) is 5.91 Å². The molecule has 0 unspecified atom stereocenters. The van der Waals surface area contributed by atoms with Crippen LogP contribution in [0.15, 0.2) is 42.9 Å². The normalized spacial score (nSPS) is 14.2. The average Bonchev–Trinajstić information content (AvgIpc) is 3.21. The SMILES string of the molecule is CNC(=O)c1cnc2c(c1)c(-c1ccc3ncc(N)c(N4CCOCC4)c3c1)cn2SOI. The number of carbonyl (C=O) groups excluding carboxylic acids is 1. The Bertz CT molecular complexity index is 1360. The van der Waals surface area contributed by atoms with E-state index in [9.17, 15) is 4.79 Å². The number of halogens is 1. The molecule has 1 amide bonds. The summed E-state index contributed by atoms with van der Waals surface area (Å²) >= 11 is 2.99. The van der Waals surface area contributed by atoms with Crippen LogP contribution in [0.1, 0.15) is 10.4 Å². The van der Waals surface area contributed by atoms with Gasteiger partial charge in [-0.1, -0.05) is 6.07 Å². The summed E-state index contributed by atoms with van der Waals surface area (Å²) in [5, 5.41) is 4.48. The van der Waals surface area contributed by atoms with Crippen molar-refractivity contribution in [2.75, 3.05) is 44.0 Å². The Morgan fingerprint density at radius 2 is 2.03 bits per heavy atom. The number of fused-ring (bicyclic) bond motifs is 2. The lowest BCUT2D eigenvalue weighted by molar-refractivity contribution is 0.0963. The molecule has 0 saturated carbocycles. The molecule has 4 aromatic rings. The molecule has 0 spiro atoms. The number of rotatable bonds is 5. The van der Waals surface area contributed by atoms with E-state index >= 15 is 0 Å². The van der Waals surface area contributed by atoms with Crippen LogP contribution in [0.2, 0.25) is 0 Å². The first-order valence-corrected chi connectivity index (χ1v) is 11.9. The van der Waals surface area contributed by atoms with Gasteiger partial charge in [0.1, 0.15) is 35.2 Å². The second kappa shape index (κ2) is 9.33. The first kappa shape index (κ1) is 22.2. The molecule has 3 aromatic heterocycles. The number of nitrogens with two attached hydrogens (primary N) is 1. The Balaban J connectivity index is 1.71. The van der Waals surface area contributed by atoms with Crippen molar-refractivity contribution < 1.29 is 12.0 Å². The van der Waals surface area contributed by atoms with Gasteiger partial charge in [-0.05, 0) is 23.8 Å². The number of aromatic nitrogens is 3. The van der Waals surface area contributed by atoms with Crippen molar-refractivity contribution in [2.45, 2.75) is 0 Å². The molecule has 0 aliphatic carbocycles. The lowest BCUT2D eigenvalue weighted by atomic mass is 10.0. The van der Waals surface area contributed by atoms with E-state index < -0.39 is 0 Å². The van der Waals surface area contributed by atoms with Crippen LogP contribution in [0.4, 0.5) is 11.4 Å². The molecule has 11 heteroatoms. The number of nitrogens with one attached hydrogen (secondary N) is 1. The minimum absolute atomic E-state index is 0.189. The van der Waals surface area contributed by atoms with Gasteiger partial charge in [-0.2, -0.15) is 0 Å². The van der Waals surface area contributed by atoms with Gasteiger partial charge < -0.3 is 20.7 Å². The summed E-state index contributed by atoms with van der Waals surface area (Å²) in [7, 11) is 1.60. The summed E-state index contributed by atoms with van der Waals surface area (Å²) in [5.74, 6) is -0.189. The van der Waals surface area contributed by atoms with Crippen LogP contribution in [0.3, 0.4) is 0 Å². The van der Waals surface area contributed by atoms with Gasteiger partial charge in [0.05, 0.1) is 41.9 Å². The van der Waals surface area contributed by atoms with E-state index in [2.05, 4.69) is 26.3 Å². The van der Waals surface area contributed by atoms with Gasteiger partial charge in [-0.25, -0.2) is 7.50 Å². The van der Waals surface area contributed by atoms with Crippen molar-refractivity contribution in [3.05, 3.63) is 48.4 Å². The highest BCUT2D eigenvalue weighted by Crippen LogP contribution is 2.38. The van der Waals surface area contributed by atoms with Crippen molar-refractivity contribution in [3.63, 3.8) is 0 Å². The molecule has 0 atom stereocenters. The second-order valence-corrected chi connectivity index (χ2v) is 9.32. The molecule has 1 saturated heterocycles. The molecular weight excluding hydrogens is 555 g/mol. The number of hydrogen-bond donors (Lipinski definition) is 2. The van der Waals surface area contributed by atoms with Crippen molar-refractivity contribution in [1.82, 2.24) is 19.3 Å². The van der Waals surface area contributed by atoms with Gasteiger partial charge in [-0.15, -0.1) is 0 Å². The zero-order valence-corrected chi connectivity index (χ0v) is 20.7. The van der Waals surface area contributed by atoms with Crippen molar-refractivity contribution >= 4 is 74.5 Å². The van der Waals surface area contributed by atoms with E-state index in [0.717, 1.165) is 58.4 Å². The third kappa shape index (κ3) is 4.09. The van der Waals surface area contributed by atoms with Gasteiger partial charge >= 0.3 is 0 Å². The number of hydrogen-bond acceptors (Lipinski definition) is 8. The molecule has 0 bridgehead atoms. The first-order chi connectivity index (χ1) is 16.1. The minimum Gasteiger partial charge on any atom is -0.396 e. The molecular formula is C22H21IN6O3S. The van der Waals surface area contributed by atoms with Crippen LogP contribution < -0.4 is 16.0 Å². The summed E-state index contributed by atoms with van der Waals surface area (Å²) in [6, 6.07) is 7.97. The van der Waals surface area contributed by atoms with E-state index in [1.54, 1.807) is 19.4 Å². The molecule has 1 aromatic carbocycles. The Morgan fingerprint density at radius 1 is 1.21 bits per heavy atom. The van der Waals surface area contributed by atoms with Crippen LogP contribution >= 0.6 is 35.2 Å². The van der Waals surface area contributed by atoms with Crippen LogP contribution in [-0.4, -0.2) is 53.2 Å². The molecule has 1 aliphatic heterocycles. The number of carbonyl (C=O) groups is 1. The molecule has 3 N–H and O–H groups in total. The topological polar surface area (TPSA) is 108 Å². The quantitative estimate of drug-likeness (QED) is 0.273. The summed E-state index contributed by atoms with van der Waals surface area (Å²) in [6.07, 6.45) is 5.24. The van der Waals surface area contributed by atoms with Crippen molar-refractivity contribution in [1.29, 1.82) is 0 Å². The van der Waals surface area contributed by atoms with E-state index in [4.69, 9.17) is 13.0 Å². The highest BCUT2D eigenvalue weighted by Gasteiger charge is 2.20. The van der Waals surface area contributed by atoms with E-state index in [-0.39, 0.29) is 5.91 Å². The predicted octanol–water partition coefficient (Wildman–Crippen LogP) is 3.81. The average molecular weight is 576 g/mol. The van der Waals surface area contributed by atoms with E-state index in [1.807, 2.05) is 51.4 Å². The second-order valence-electron chi connectivity index (χ2n) is 7.57. The monoisotopic (exact) mass is 576 g/mol. The van der Waals surface area contributed by atoms with Crippen molar-refractivity contribution in [3.8, 4) is 11.1 Å². The molecule has 4 heterocycles. The number of benzene rings is 1. The Morgan fingerprint density at radius 3 is 2.79 bits per heavy atom. The molecule has 0 radical (unpaired) electrons. The van der Waals surface area contributed by atoms with Crippen LogP contribution in [-0.2, 0) is 7.25 Å². The molecule has 33 heavy (non-hydrogen) atoms. The fourth-order valence-corrected chi connectivity index (χ4v) is 5.11. The molecule has 1 fully saturated rings. The zero-order chi connectivity index (χ0) is 22.9. The molecule has 1 aliphatic rings. The lowest BCUT2D eigenvalue weighted by Gasteiger charge is -2.30. The lowest BCUT2D eigenvalue weighted by Crippen LogP contribution is -2.36. The number of amides is 1. The fourth-order valence-electron chi connectivity index (χ4n) is 4.17. The van der Waals surface area contributed by atoms with Crippen molar-refractivity contribution in [2.24, 2.45) is 0 Å². The third-order valence-electron chi connectivity index (χ3n) is 5.72. The molecule has 9 nitrogen and oxygen atoms in total. The molecule has 170 valence electrons. The summed E-state index contributed by atoms with van der Waals surface area (Å²) in [4.78, 5) is 23.6. The number of nitrogen functional groups attached to an aromatic ring is 1. The maximum absolute atomic E-state index is 12.2. The number of ether oxygens (including phenoxy) is 1. The smallest absolute Gasteiger partial charge is 0.252 e. The van der Waals surface area contributed by atoms with Gasteiger partial charge in [0.2, 0.25) is 0 Å². The number of pyridine rings is 2. The molecule has 5 rings (SSSR count). The fraction of sp³-hybridized carbons (Fsp3) is 0.227. The number of nitrogens with zero attached hydrogens (tertiary/aromatic N) is 4. The van der Waals surface area contributed by atoms with Gasteiger partial charge in [-0.3, -0.25) is 13.8 Å². The van der Waals surface area contributed by atoms with Crippen LogP contribution in [0.5, 0.6) is 0 Å². The summed E-state index contributed by atoms with van der Waals surface area (Å²) in [5.41, 5.74) is 12.0. The van der Waals surface area contributed by atoms with Crippen LogP contribution in [0, 0.1) is 0 Å². The van der Waals surface area contributed by atoms with Gasteiger partial charge in [0, 0.05) is 48.9 Å². The highest BCUT2D eigenvalue weighted by molar-refractivity contribution is 14.1. The Kier molecular flexibility index (Phi) is 6.27. The first-order valence-electron chi connectivity index (χ1n) is 10.3. The summed E-state index contributed by atoms with van der Waals surface area (Å²) in [6.45, 7) is 2.88. The highest BCUT2D eigenvalue weighted by atomic mass is 127. The Hall–Kier alpha value is -2.61. The standard InChI is InChI=1S/C22H21IN6O3S/c1-25-22(30)14-9-15-17(12-29(33-32-23)21(15)27-10-14)13-2-3-19-16(8-13)20(18(24)11-26-19)28-4-6-31-7-5-28/h2-3,8-12H,4-7,24H2,1H3,(H,25,30). The number of morpholine rings is 1. The van der Waals surface area contributed by atoms with Gasteiger partial charge in [0.15, 0.2) is 5.65 Å².